The Bertz CT molecular complexity index is 532. The maximum absolute atomic E-state index is 12.5. The first-order valence-electron chi connectivity index (χ1n) is 5.00. The second-order valence-electron chi connectivity index (χ2n) is 3.34. The van der Waals surface area contributed by atoms with Crippen LogP contribution in [0.1, 0.15) is 10.4 Å². The van der Waals surface area contributed by atoms with E-state index in [1.165, 1.54) is 3.57 Å². The molecule has 0 radical (unpaired) electrons. The van der Waals surface area contributed by atoms with Crippen LogP contribution < -0.4 is 0 Å². The fourth-order valence-electron chi connectivity index (χ4n) is 1.13. The molecule has 0 aromatic heterocycles. The molecule has 19 heavy (non-hydrogen) atoms. The van der Waals surface area contributed by atoms with Gasteiger partial charge < -0.3 is 5.11 Å². The van der Waals surface area contributed by atoms with Crippen LogP contribution in [-0.4, -0.2) is 11.1 Å². The fraction of sp³-hybridized carbons (Fsp3) is 0. The summed E-state index contributed by atoms with van der Waals surface area (Å²) in [6.07, 6.45) is 0. The van der Waals surface area contributed by atoms with E-state index in [0.717, 1.165) is 22.7 Å². The number of carboxylic acid groups (broad SMARTS) is 1. The second-order valence-corrected chi connectivity index (χ2v) is 5.50. The molecular formula is C13H8BrF2IO2. The quantitative estimate of drug-likeness (QED) is 0.651. The molecule has 1 N–H and O–H groups in total. The predicted octanol–water partition coefficient (Wildman–Crippen LogP) is 4.72. The monoisotopic (exact) mass is 440 g/mol. The Kier molecular flexibility index (Phi) is 6.36. The Labute approximate surface area is 130 Å². The third kappa shape index (κ3) is 5.23. The number of halogens is 4. The summed E-state index contributed by atoms with van der Waals surface area (Å²) in [6.45, 7) is 0. The van der Waals surface area contributed by atoms with Crippen LogP contribution >= 0.6 is 38.5 Å². The molecule has 0 bridgehead atoms. The molecule has 0 heterocycles. The fourth-order valence-corrected chi connectivity index (χ4v) is 1.76. The first-order valence-corrected chi connectivity index (χ1v) is 6.87. The third-order valence-corrected chi connectivity index (χ3v) is 3.23. The summed E-state index contributed by atoms with van der Waals surface area (Å²) in [5.41, 5.74) is -0.910. The summed E-state index contributed by atoms with van der Waals surface area (Å²) in [5, 5.41) is 8.27. The van der Waals surface area contributed by atoms with Crippen LogP contribution in [0.15, 0.2) is 46.9 Å². The molecular weight excluding hydrogens is 433 g/mol. The van der Waals surface area contributed by atoms with Crippen molar-refractivity contribution in [1.82, 2.24) is 0 Å². The molecule has 2 aromatic rings. The lowest BCUT2D eigenvalue weighted by Gasteiger charge is -1.96. The first kappa shape index (κ1) is 16.0. The Morgan fingerprint density at radius 3 is 1.84 bits per heavy atom. The molecule has 0 aliphatic carbocycles. The summed E-state index contributed by atoms with van der Waals surface area (Å²) < 4.78 is 27.4. The van der Waals surface area contributed by atoms with Crippen LogP contribution in [-0.2, 0) is 0 Å². The summed E-state index contributed by atoms with van der Waals surface area (Å²) in [5.74, 6) is -3.71. The normalized spacial score (nSPS) is 9.47. The third-order valence-electron chi connectivity index (χ3n) is 1.98. The lowest BCUT2D eigenvalue weighted by Crippen LogP contribution is -2.03. The Hall–Kier alpha value is -1.02. The highest BCUT2D eigenvalue weighted by Gasteiger charge is 2.14. The summed E-state index contributed by atoms with van der Waals surface area (Å²) >= 11 is 5.62. The van der Waals surface area contributed by atoms with Crippen LogP contribution in [0.25, 0.3) is 0 Å². The first-order chi connectivity index (χ1) is 8.91. The average molecular weight is 441 g/mol. The molecule has 2 aromatic carbocycles. The summed E-state index contributed by atoms with van der Waals surface area (Å²) in [4.78, 5) is 10.2. The van der Waals surface area contributed by atoms with Gasteiger partial charge in [0, 0.05) is 8.04 Å². The van der Waals surface area contributed by atoms with Crippen molar-refractivity contribution in [2.24, 2.45) is 0 Å². The van der Waals surface area contributed by atoms with Crippen molar-refractivity contribution in [2.75, 3.05) is 0 Å². The zero-order valence-corrected chi connectivity index (χ0v) is 13.2. The van der Waals surface area contributed by atoms with E-state index < -0.39 is 23.2 Å². The number of hydrogen-bond donors (Lipinski definition) is 1. The Morgan fingerprint density at radius 1 is 1.05 bits per heavy atom. The van der Waals surface area contributed by atoms with Crippen molar-refractivity contribution in [3.05, 3.63) is 67.7 Å². The van der Waals surface area contributed by atoms with E-state index in [1.54, 1.807) is 0 Å². The van der Waals surface area contributed by atoms with Gasteiger partial charge in [0.05, 0.1) is 0 Å². The van der Waals surface area contributed by atoms with Gasteiger partial charge in [0.25, 0.3) is 0 Å². The average Bonchev–Trinajstić information content (AvgIpc) is 2.33. The van der Waals surface area contributed by atoms with E-state index in [0.29, 0.717) is 0 Å². The number of carboxylic acids is 1. The van der Waals surface area contributed by atoms with Crippen molar-refractivity contribution in [3.8, 4) is 0 Å². The predicted molar refractivity (Wildman–Crippen MR) is 80.2 cm³/mol. The van der Waals surface area contributed by atoms with E-state index in [9.17, 15) is 13.6 Å². The van der Waals surface area contributed by atoms with Gasteiger partial charge in [-0.1, -0.05) is 22.0 Å². The lowest BCUT2D eigenvalue weighted by atomic mass is 10.2. The maximum Gasteiger partial charge on any atom is 0.341 e. The van der Waals surface area contributed by atoms with Crippen LogP contribution in [0.4, 0.5) is 8.78 Å². The minimum atomic E-state index is -1.60. The number of benzene rings is 2. The number of hydrogen-bond acceptors (Lipinski definition) is 1. The highest BCUT2D eigenvalue weighted by atomic mass is 127. The summed E-state index contributed by atoms with van der Waals surface area (Å²) in [7, 11) is 0. The van der Waals surface area contributed by atoms with Crippen molar-refractivity contribution in [3.63, 3.8) is 0 Å². The smallest absolute Gasteiger partial charge is 0.341 e. The van der Waals surface area contributed by atoms with Gasteiger partial charge in [-0.2, -0.15) is 0 Å². The van der Waals surface area contributed by atoms with Crippen molar-refractivity contribution < 1.29 is 18.7 Å². The SMILES string of the molecule is Brc1ccc(I)cc1.O=C(O)c1c(F)cccc1F. The number of rotatable bonds is 1. The van der Waals surface area contributed by atoms with Crippen molar-refractivity contribution in [1.29, 1.82) is 0 Å². The van der Waals surface area contributed by atoms with Gasteiger partial charge in [0.15, 0.2) is 0 Å². The second kappa shape index (κ2) is 7.54. The van der Waals surface area contributed by atoms with Gasteiger partial charge in [0.1, 0.15) is 17.2 Å². The number of aromatic carboxylic acids is 1. The number of carbonyl (C=O) groups is 1. The Morgan fingerprint density at radius 2 is 1.53 bits per heavy atom. The van der Waals surface area contributed by atoms with Gasteiger partial charge in [-0.25, -0.2) is 13.6 Å². The van der Waals surface area contributed by atoms with Crippen molar-refractivity contribution in [2.45, 2.75) is 0 Å². The Balaban J connectivity index is 0.000000200. The zero-order chi connectivity index (χ0) is 14.4. The summed E-state index contributed by atoms with van der Waals surface area (Å²) in [6, 6.07) is 11.1. The van der Waals surface area contributed by atoms with Crippen LogP contribution in [0.5, 0.6) is 0 Å². The molecule has 0 aliphatic heterocycles. The molecule has 0 unspecified atom stereocenters. The molecule has 0 saturated carbocycles. The largest absolute Gasteiger partial charge is 0.477 e. The van der Waals surface area contributed by atoms with E-state index in [1.807, 2.05) is 12.1 Å². The van der Waals surface area contributed by atoms with Crippen LogP contribution in [0.3, 0.4) is 0 Å². The molecule has 0 amide bonds. The van der Waals surface area contributed by atoms with Crippen LogP contribution in [0.2, 0.25) is 0 Å². The van der Waals surface area contributed by atoms with Gasteiger partial charge in [-0.3, -0.25) is 0 Å². The molecule has 2 nitrogen and oxygen atoms in total. The standard InChI is InChI=1S/C7H4F2O2.C6H4BrI/c8-4-2-1-3-5(9)6(4)7(10)11;7-5-1-3-6(8)4-2-5/h1-3H,(H,10,11);1-4H. The van der Waals surface area contributed by atoms with E-state index >= 15 is 0 Å². The molecule has 0 spiro atoms. The molecule has 0 saturated heterocycles. The van der Waals surface area contributed by atoms with Gasteiger partial charge in [-0.05, 0) is 59.0 Å². The molecule has 100 valence electrons. The molecule has 6 heteroatoms. The van der Waals surface area contributed by atoms with Gasteiger partial charge in [0.2, 0.25) is 0 Å². The topological polar surface area (TPSA) is 37.3 Å². The zero-order valence-electron chi connectivity index (χ0n) is 9.41. The maximum atomic E-state index is 12.5. The molecule has 0 atom stereocenters. The van der Waals surface area contributed by atoms with Gasteiger partial charge >= 0.3 is 5.97 Å². The molecule has 2 rings (SSSR count). The van der Waals surface area contributed by atoms with E-state index in [2.05, 4.69) is 50.7 Å². The van der Waals surface area contributed by atoms with E-state index in [4.69, 9.17) is 5.11 Å². The van der Waals surface area contributed by atoms with Crippen LogP contribution in [0, 0.1) is 15.2 Å². The minimum absolute atomic E-state index is 0.895. The van der Waals surface area contributed by atoms with E-state index in [-0.39, 0.29) is 0 Å². The van der Waals surface area contributed by atoms with Crippen molar-refractivity contribution >= 4 is 44.5 Å². The molecule has 0 aliphatic rings. The van der Waals surface area contributed by atoms with Gasteiger partial charge in [-0.15, -0.1) is 0 Å². The highest BCUT2D eigenvalue weighted by Crippen LogP contribution is 2.11. The molecule has 0 fully saturated rings. The highest BCUT2D eigenvalue weighted by molar-refractivity contribution is 14.1. The minimum Gasteiger partial charge on any atom is -0.477 e. The lowest BCUT2D eigenvalue weighted by molar-refractivity contribution is 0.0686.